The van der Waals surface area contributed by atoms with Gasteiger partial charge in [0.2, 0.25) is 0 Å². The standard InChI is InChI=1S/C23H24O3/c1-23-9-8-19-18-7-5-16(24)11-14(18)4-6-20(19)21(23)13-15(22(23)25)12-17-3-2-10-26-17/h2-3,5,7,10-12,19-21,24H,4,6,8-9,13H2,1H3/b15-12+/t19?,20?,21?,23-/m0/s1. The fourth-order valence-electron chi connectivity index (χ4n) is 5.91. The molecule has 1 N–H and O–H groups in total. The molecule has 5 rings (SSSR count). The first kappa shape index (κ1) is 15.9. The van der Waals surface area contributed by atoms with Crippen molar-refractivity contribution in [3.05, 3.63) is 59.1 Å². The van der Waals surface area contributed by atoms with Crippen molar-refractivity contribution in [2.24, 2.45) is 17.3 Å². The number of aromatic hydroxyl groups is 1. The molecule has 0 amide bonds. The van der Waals surface area contributed by atoms with Crippen LogP contribution >= 0.6 is 0 Å². The summed E-state index contributed by atoms with van der Waals surface area (Å²) in [5.74, 6) is 2.95. The molecule has 1 heterocycles. The molecule has 1 aromatic heterocycles. The number of hydrogen-bond acceptors (Lipinski definition) is 3. The minimum Gasteiger partial charge on any atom is -0.508 e. The molecule has 2 saturated carbocycles. The van der Waals surface area contributed by atoms with Crippen molar-refractivity contribution in [2.45, 2.75) is 44.9 Å². The summed E-state index contributed by atoms with van der Waals surface area (Å²) in [5.41, 5.74) is 3.40. The molecule has 3 unspecified atom stereocenters. The predicted molar refractivity (Wildman–Crippen MR) is 99.8 cm³/mol. The number of phenolic OH excluding ortho intramolecular Hbond substituents is 1. The van der Waals surface area contributed by atoms with Gasteiger partial charge in [0, 0.05) is 5.41 Å². The second-order valence-electron chi connectivity index (χ2n) is 8.47. The molecule has 0 bridgehead atoms. The first-order valence-corrected chi connectivity index (χ1v) is 9.67. The van der Waals surface area contributed by atoms with Gasteiger partial charge in [-0.15, -0.1) is 0 Å². The molecular weight excluding hydrogens is 324 g/mol. The lowest BCUT2D eigenvalue weighted by Crippen LogP contribution is -2.42. The topological polar surface area (TPSA) is 50.4 Å². The fraction of sp³-hybridized carbons (Fsp3) is 0.435. The zero-order chi connectivity index (χ0) is 17.9. The Labute approximate surface area is 153 Å². The van der Waals surface area contributed by atoms with E-state index in [0.29, 0.717) is 29.3 Å². The largest absolute Gasteiger partial charge is 0.508 e. The Morgan fingerprint density at radius 2 is 2.15 bits per heavy atom. The summed E-state index contributed by atoms with van der Waals surface area (Å²) in [4.78, 5) is 13.2. The number of furan rings is 1. The quantitative estimate of drug-likeness (QED) is 0.729. The van der Waals surface area contributed by atoms with E-state index in [0.717, 1.165) is 43.4 Å². The number of aryl methyl sites for hydroxylation is 1. The molecule has 0 radical (unpaired) electrons. The Hall–Kier alpha value is -2.29. The van der Waals surface area contributed by atoms with Crippen molar-refractivity contribution in [3.8, 4) is 5.75 Å². The van der Waals surface area contributed by atoms with E-state index in [1.807, 2.05) is 30.3 Å². The minimum absolute atomic E-state index is 0.228. The van der Waals surface area contributed by atoms with Gasteiger partial charge in [-0.2, -0.15) is 0 Å². The highest BCUT2D eigenvalue weighted by molar-refractivity contribution is 6.05. The molecule has 0 spiro atoms. The smallest absolute Gasteiger partial charge is 0.165 e. The maximum atomic E-state index is 13.2. The van der Waals surface area contributed by atoms with Crippen LogP contribution in [0.2, 0.25) is 0 Å². The van der Waals surface area contributed by atoms with Crippen LogP contribution in [0.4, 0.5) is 0 Å². The van der Waals surface area contributed by atoms with Crippen LogP contribution in [-0.2, 0) is 11.2 Å². The molecular formula is C23H24O3. The van der Waals surface area contributed by atoms with Crippen molar-refractivity contribution in [3.63, 3.8) is 0 Å². The van der Waals surface area contributed by atoms with Crippen LogP contribution in [0.25, 0.3) is 6.08 Å². The van der Waals surface area contributed by atoms with Gasteiger partial charge in [0.1, 0.15) is 11.5 Å². The molecule has 0 aliphatic heterocycles. The zero-order valence-electron chi connectivity index (χ0n) is 15.1. The molecule has 3 heteroatoms. The van der Waals surface area contributed by atoms with E-state index < -0.39 is 0 Å². The van der Waals surface area contributed by atoms with Crippen LogP contribution in [0.3, 0.4) is 0 Å². The molecule has 4 atom stereocenters. The third-order valence-electron chi connectivity index (χ3n) is 7.21. The number of carbonyl (C=O) groups is 1. The second-order valence-corrected chi connectivity index (χ2v) is 8.47. The van der Waals surface area contributed by atoms with E-state index in [2.05, 4.69) is 13.0 Å². The number of Topliss-reactive ketones (excluding diaryl/α,β-unsaturated/α-hetero) is 1. The monoisotopic (exact) mass is 348 g/mol. The van der Waals surface area contributed by atoms with Gasteiger partial charge in [-0.25, -0.2) is 0 Å². The highest BCUT2D eigenvalue weighted by Crippen LogP contribution is 2.60. The summed E-state index contributed by atoms with van der Waals surface area (Å²) in [6.45, 7) is 2.19. The van der Waals surface area contributed by atoms with Crippen molar-refractivity contribution >= 4 is 11.9 Å². The normalized spacial score (nSPS) is 34.4. The van der Waals surface area contributed by atoms with E-state index in [1.165, 1.54) is 11.1 Å². The van der Waals surface area contributed by atoms with Crippen LogP contribution in [0.5, 0.6) is 5.75 Å². The number of benzene rings is 1. The van der Waals surface area contributed by atoms with E-state index >= 15 is 0 Å². The van der Waals surface area contributed by atoms with Gasteiger partial charge < -0.3 is 9.52 Å². The molecule has 26 heavy (non-hydrogen) atoms. The van der Waals surface area contributed by atoms with Crippen molar-refractivity contribution in [2.75, 3.05) is 0 Å². The summed E-state index contributed by atoms with van der Waals surface area (Å²) in [5, 5.41) is 9.81. The van der Waals surface area contributed by atoms with Crippen molar-refractivity contribution in [1.29, 1.82) is 0 Å². The maximum Gasteiger partial charge on any atom is 0.165 e. The SMILES string of the molecule is C[C@]12CCC3c4ccc(O)cc4CCC3C1C/C(=C\c1ccco1)C2=O. The average Bonchev–Trinajstić information content (AvgIpc) is 3.23. The molecule has 1 aromatic carbocycles. The Bertz CT molecular complexity index is 892. The summed E-state index contributed by atoms with van der Waals surface area (Å²) >= 11 is 0. The number of fused-ring (bicyclic) bond motifs is 5. The van der Waals surface area contributed by atoms with E-state index in [1.54, 1.807) is 6.26 Å². The van der Waals surface area contributed by atoms with Gasteiger partial charge in [-0.1, -0.05) is 13.0 Å². The maximum absolute atomic E-state index is 13.2. The van der Waals surface area contributed by atoms with Gasteiger partial charge in [0.05, 0.1) is 6.26 Å². The lowest BCUT2D eigenvalue weighted by molar-refractivity contribution is -0.127. The number of rotatable bonds is 1. The number of carbonyl (C=O) groups excluding carboxylic acids is 1. The molecule has 3 aliphatic rings. The Morgan fingerprint density at radius 3 is 2.96 bits per heavy atom. The fourth-order valence-corrected chi connectivity index (χ4v) is 5.91. The average molecular weight is 348 g/mol. The lowest BCUT2D eigenvalue weighted by Gasteiger charge is -2.48. The Morgan fingerprint density at radius 1 is 1.27 bits per heavy atom. The molecule has 0 saturated heterocycles. The van der Waals surface area contributed by atoms with Gasteiger partial charge in [0.25, 0.3) is 0 Å². The highest BCUT2D eigenvalue weighted by Gasteiger charge is 2.56. The summed E-state index contributed by atoms with van der Waals surface area (Å²) in [7, 11) is 0. The molecule has 3 aliphatic carbocycles. The van der Waals surface area contributed by atoms with Crippen LogP contribution in [0, 0.1) is 17.3 Å². The van der Waals surface area contributed by atoms with E-state index in [-0.39, 0.29) is 5.41 Å². The summed E-state index contributed by atoms with van der Waals surface area (Å²) in [6.07, 6.45) is 8.61. The van der Waals surface area contributed by atoms with E-state index in [9.17, 15) is 9.90 Å². The lowest BCUT2D eigenvalue weighted by atomic mass is 9.55. The van der Waals surface area contributed by atoms with Gasteiger partial charge in [-0.3, -0.25) is 4.79 Å². The first-order chi connectivity index (χ1) is 12.6. The van der Waals surface area contributed by atoms with Gasteiger partial charge in [0.15, 0.2) is 5.78 Å². The van der Waals surface area contributed by atoms with Crippen LogP contribution in [-0.4, -0.2) is 10.9 Å². The molecule has 134 valence electrons. The predicted octanol–water partition coefficient (Wildman–Crippen LogP) is 5.10. The number of allylic oxidation sites excluding steroid dienone is 1. The highest BCUT2D eigenvalue weighted by atomic mass is 16.3. The van der Waals surface area contributed by atoms with Crippen LogP contribution in [0.15, 0.2) is 46.6 Å². The Kier molecular flexibility index (Phi) is 3.43. The molecule has 2 fully saturated rings. The van der Waals surface area contributed by atoms with Gasteiger partial charge in [-0.05, 0) is 96.9 Å². The number of hydrogen-bond donors (Lipinski definition) is 1. The van der Waals surface area contributed by atoms with Crippen molar-refractivity contribution < 1.29 is 14.3 Å². The minimum atomic E-state index is -0.228. The third kappa shape index (κ3) is 2.22. The van der Waals surface area contributed by atoms with E-state index in [4.69, 9.17) is 4.42 Å². The molecule has 3 nitrogen and oxygen atoms in total. The summed E-state index contributed by atoms with van der Waals surface area (Å²) in [6, 6.07) is 9.64. The molecule has 2 aromatic rings. The Balaban J connectivity index is 1.51. The van der Waals surface area contributed by atoms with Crippen LogP contribution in [0.1, 0.15) is 55.4 Å². The zero-order valence-corrected chi connectivity index (χ0v) is 15.1. The van der Waals surface area contributed by atoms with Gasteiger partial charge >= 0.3 is 0 Å². The number of phenols is 1. The third-order valence-corrected chi connectivity index (χ3v) is 7.21. The number of ketones is 1. The second kappa shape index (κ2) is 5.60. The van der Waals surface area contributed by atoms with Crippen LogP contribution < -0.4 is 0 Å². The first-order valence-electron chi connectivity index (χ1n) is 9.67. The van der Waals surface area contributed by atoms with Crippen molar-refractivity contribution in [1.82, 2.24) is 0 Å². The summed E-state index contributed by atoms with van der Waals surface area (Å²) < 4.78 is 5.44.